The van der Waals surface area contributed by atoms with E-state index in [2.05, 4.69) is 4.98 Å². The summed E-state index contributed by atoms with van der Waals surface area (Å²) in [5, 5.41) is 9.70. The lowest BCUT2D eigenvalue weighted by molar-refractivity contribution is -0.137. The van der Waals surface area contributed by atoms with Crippen LogP contribution in [0.2, 0.25) is 0 Å². The van der Waals surface area contributed by atoms with Crippen LogP contribution >= 0.6 is 0 Å². The SMILES string of the molecule is O=C(O)c1ccc2cccc(-c3cccc(C(F)(F)F)c3)c2n1. The molecule has 0 aliphatic heterocycles. The number of rotatable bonds is 2. The van der Waals surface area contributed by atoms with Crippen molar-refractivity contribution in [2.24, 2.45) is 0 Å². The van der Waals surface area contributed by atoms with E-state index in [9.17, 15) is 18.0 Å². The van der Waals surface area contributed by atoms with Crippen molar-refractivity contribution in [3.8, 4) is 11.1 Å². The van der Waals surface area contributed by atoms with Crippen molar-refractivity contribution in [3.05, 3.63) is 65.9 Å². The molecule has 116 valence electrons. The smallest absolute Gasteiger partial charge is 0.416 e. The molecule has 0 radical (unpaired) electrons. The minimum absolute atomic E-state index is 0.156. The van der Waals surface area contributed by atoms with Crippen LogP contribution in [0, 0.1) is 0 Å². The van der Waals surface area contributed by atoms with Crippen molar-refractivity contribution >= 4 is 16.9 Å². The van der Waals surface area contributed by atoms with Gasteiger partial charge in [-0.25, -0.2) is 9.78 Å². The molecule has 0 fully saturated rings. The number of carboxylic acids is 1. The molecule has 3 aromatic rings. The van der Waals surface area contributed by atoms with Gasteiger partial charge in [0, 0.05) is 10.9 Å². The molecule has 0 spiro atoms. The molecule has 0 aliphatic rings. The third-order valence-corrected chi connectivity index (χ3v) is 3.44. The van der Waals surface area contributed by atoms with E-state index in [0.717, 1.165) is 12.1 Å². The monoisotopic (exact) mass is 317 g/mol. The Morgan fingerprint density at radius 1 is 1.00 bits per heavy atom. The van der Waals surface area contributed by atoms with E-state index in [4.69, 9.17) is 5.11 Å². The quantitative estimate of drug-likeness (QED) is 0.750. The standard InChI is InChI=1S/C17H10F3NO2/c18-17(19,20)12-5-1-4-11(9-12)13-6-2-3-10-7-8-14(16(22)23)21-15(10)13/h1-9H,(H,22,23). The highest BCUT2D eigenvalue weighted by Crippen LogP contribution is 2.34. The fourth-order valence-electron chi connectivity index (χ4n) is 2.36. The van der Waals surface area contributed by atoms with Crippen LogP contribution in [0.1, 0.15) is 16.1 Å². The maximum atomic E-state index is 12.9. The van der Waals surface area contributed by atoms with Crippen LogP contribution < -0.4 is 0 Å². The second-order valence-electron chi connectivity index (χ2n) is 4.96. The molecule has 1 heterocycles. The Morgan fingerprint density at radius 3 is 2.43 bits per heavy atom. The van der Waals surface area contributed by atoms with Crippen LogP contribution in [0.15, 0.2) is 54.6 Å². The van der Waals surface area contributed by atoms with E-state index < -0.39 is 17.7 Å². The number of para-hydroxylation sites is 1. The van der Waals surface area contributed by atoms with Crippen LogP contribution in [-0.2, 0) is 6.18 Å². The molecule has 2 aromatic carbocycles. The number of nitrogens with zero attached hydrogens (tertiary/aromatic N) is 1. The molecule has 3 rings (SSSR count). The normalized spacial score (nSPS) is 11.6. The molecule has 1 aromatic heterocycles. The fraction of sp³-hybridized carbons (Fsp3) is 0.0588. The Balaban J connectivity index is 2.24. The van der Waals surface area contributed by atoms with E-state index >= 15 is 0 Å². The molecular formula is C17H10F3NO2. The van der Waals surface area contributed by atoms with Gasteiger partial charge < -0.3 is 5.11 Å². The number of alkyl halides is 3. The number of carbonyl (C=O) groups is 1. The summed E-state index contributed by atoms with van der Waals surface area (Å²) in [6, 6.07) is 12.9. The Hall–Kier alpha value is -2.89. The highest BCUT2D eigenvalue weighted by Gasteiger charge is 2.30. The van der Waals surface area contributed by atoms with Crippen LogP contribution in [0.3, 0.4) is 0 Å². The van der Waals surface area contributed by atoms with Crippen molar-refractivity contribution in [2.45, 2.75) is 6.18 Å². The van der Waals surface area contributed by atoms with Crippen LogP contribution in [0.25, 0.3) is 22.0 Å². The number of halogens is 3. The summed E-state index contributed by atoms with van der Waals surface area (Å²) in [5.41, 5.74) is 0.224. The lowest BCUT2D eigenvalue weighted by atomic mass is 9.99. The molecule has 0 atom stereocenters. The van der Waals surface area contributed by atoms with Gasteiger partial charge in [0.2, 0.25) is 0 Å². The predicted molar refractivity (Wildman–Crippen MR) is 79.1 cm³/mol. The zero-order chi connectivity index (χ0) is 16.6. The zero-order valence-corrected chi connectivity index (χ0v) is 11.6. The molecule has 0 aliphatic carbocycles. The largest absolute Gasteiger partial charge is 0.477 e. The second-order valence-corrected chi connectivity index (χ2v) is 4.96. The van der Waals surface area contributed by atoms with Gasteiger partial charge in [-0.15, -0.1) is 0 Å². The van der Waals surface area contributed by atoms with Crippen molar-refractivity contribution < 1.29 is 23.1 Å². The first-order valence-corrected chi connectivity index (χ1v) is 6.67. The molecule has 6 heteroatoms. The van der Waals surface area contributed by atoms with Gasteiger partial charge in [0.05, 0.1) is 11.1 Å². The number of fused-ring (bicyclic) bond motifs is 1. The van der Waals surface area contributed by atoms with Gasteiger partial charge in [-0.1, -0.05) is 36.4 Å². The molecule has 0 unspecified atom stereocenters. The number of benzene rings is 2. The summed E-state index contributed by atoms with van der Waals surface area (Å²) in [6.07, 6.45) is -4.44. The number of aromatic carboxylic acids is 1. The van der Waals surface area contributed by atoms with Gasteiger partial charge in [-0.05, 0) is 23.8 Å². The Morgan fingerprint density at radius 2 is 1.74 bits per heavy atom. The van der Waals surface area contributed by atoms with E-state index in [1.165, 1.54) is 12.1 Å². The molecular weight excluding hydrogens is 307 g/mol. The molecule has 3 nitrogen and oxygen atoms in total. The summed E-state index contributed by atoms with van der Waals surface area (Å²) >= 11 is 0. The summed E-state index contributed by atoms with van der Waals surface area (Å²) in [4.78, 5) is 15.1. The van der Waals surface area contributed by atoms with Crippen molar-refractivity contribution in [2.75, 3.05) is 0 Å². The van der Waals surface area contributed by atoms with E-state index in [1.807, 2.05) is 0 Å². The predicted octanol–water partition coefficient (Wildman–Crippen LogP) is 4.62. The van der Waals surface area contributed by atoms with E-state index in [0.29, 0.717) is 22.0 Å². The zero-order valence-electron chi connectivity index (χ0n) is 11.6. The molecule has 0 amide bonds. The highest BCUT2D eigenvalue weighted by molar-refractivity contribution is 5.96. The average molecular weight is 317 g/mol. The summed E-state index contributed by atoms with van der Waals surface area (Å²) < 4.78 is 38.6. The number of aromatic nitrogens is 1. The van der Waals surface area contributed by atoms with E-state index in [1.54, 1.807) is 30.3 Å². The summed E-state index contributed by atoms with van der Waals surface area (Å²) in [6.45, 7) is 0. The number of carboxylic acid groups (broad SMARTS) is 1. The van der Waals surface area contributed by atoms with E-state index in [-0.39, 0.29) is 5.69 Å². The number of pyridine rings is 1. The summed E-state index contributed by atoms with van der Waals surface area (Å²) in [7, 11) is 0. The first kappa shape index (κ1) is 15.0. The molecule has 0 saturated heterocycles. The Kier molecular flexibility index (Phi) is 3.52. The van der Waals surface area contributed by atoms with Gasteiger partial charge in [-0.2, -0.15) is 13.2 Å². The molecule has 23 heavy (non-hydrogen) atoms. The minimum atomic E-state index is -4.44. The van der Waals surface area contributed by atoms with Gasteiger partial charge in [0.25, 0.3) is 0 Å². The second kappa shape index (κ2) is 5.39. The van der Waals surface area contributed by atoms with Crippen molar-refractivity contribution in [1.29, 1.82) is 0 Å². The Bertz CT molecular complexity index is 904. The highest BCUT2D eigenvalue weighted by atomic mass is 19.4. The van der Waals surface area contributed by atoms with Crippen LogP contribution in [0.4, 0.5) is 13.2 Å². The molecule has 0 saturated carbocycles. The topological polar surface area (TPSA) is 50.2 Å². The first-order valence-electron chi connectivity index (χ1n) is 6.67. The minimum Gasteiger partial charge on any atom is -0.477 e. The van der Waals surface area contributed by atoms with Gasteiger partial charge in [0.15, 0.2) is 0 Å². The lowest BCUT2D eigenvalue weighted by Crippen LogP contribution is -2.04. The first-order chi connectivity index (χ1) is 10.9. The maximum absolute atomic E-state index is 12.9. The average Bonchev–Trinajstić information content (AvgIpc) is 2.53. The summed E-state index contributed by atoms with van der Waals surface area (Å²) in [5.74, 6) is -1.19. The fourth-order valence-corrected chi connectivity index (χ4v) is 2.36. The third kappa shape index (κ3) is 2.88. The van der Waals surface area contributed by atoms with Gasteiger partial charge in [0.1, 0.15) is 5.69 Å². The maximum Gasteiger partial charge on any atom is 0.416 e. The number of hydrogen-bond donors (Lipinski definition) is 1. The third-order valence-electron chi connectivity index (χ3n) is 3.44. The molecule has 0 bridgehead atoms. The van der Waals surface area contributed by atoms with Crippen molar-refractivity contribution in [3.63, 3.8) is 0 Å². The number of hydrogen-bond acceptors (Lipinski definition) is 2. The van der Waals surface area contributed by atoms with Gasteiger partial charge in [-0.3, -0.25) is 0 Å². The van der Waals surface area contributed by atoms with Crippen LogP contribution in [-0.4, -0.2) is 16.1 Å². The molecule has 1 N–H and O–H groups in total. The Labute approximate surface area is 129 Å². The van der Waals surface area contributed by atoms with Crippen LogP contribution in [0.5, 0.6) is 0 Å². The lowest BCUT2D eigenvalue weighted by Gasteiger charge is -2.10. The van der Waals surface area contributed by atoms with Crippen molar-refractivity contribution in [1.82, 2.24) is 4.98 Å². The van der Waals surface area contributed by atoms with Gasteiger partial charge >= 0.3 is 12.1 Å².